The topological polar surface area (TPSA) is 44.6 Å². The molecule has 1 aromatic carbocycles. The minimum atomic E-state index is 0.364. The second kappa shape index (κ2) is 4.61. The third-order valence-electron chi connectivity index (χ3n) is 2.52. The maximum absolute atomic E-state index is 9.82. The third kappa shape index (κ3) is 2.07. The first-order chi connectivity index (χ1) is 7.72. The monoisotopic (exact) mass is 234 g/mol. The third-order valence-corrected chi connectivity index (χ3v) is 3.51. The molecule has 3 nitrogen and oxygen atoms in total. The van der Waals surface area contributed by atoms with Crippen molar-refractivity contribution >= 4 is 22.2 Å². The molecular weight excluding hydrogens is 220 g/mol. The van der Waals surface area contributed by atoms with Gasteiger partial charge in [0, 0.05) is 10.6 Å². The number of aryl methyl sites for hydroxylation is 1. The van der Waals surface area contributed by atoms with Crippen molar-refractivity contribution in [3.05, 3.63) is 35.0 Å². The standard InChI is InChI=1S/C12H14N2OS/c1-3-9-4-5-10(6-11(9)15)12-8(2)14-13-7-16-12/h4-7,14-15H,3H2,1-2H3. The molecule has 0 saturated carbocycles. The zero-order chi connectivity index (χ0) is 11.5. The molecule has 0 amide bonds. The summed E-state index contributed by atoms with van der Waals surface area (Å²) in [4.78, 5) is 1.10. The predicted octanol–water partition coefficient (Wildman–Crippen LogP) is 2.92. The van der Waals surface area contributed by atoms with Crippen LogP contribution in [0.3, 0.4) is 0 Å². The van der Waals surface area contributed by atoms with Crippen LogP contribution in [0.1, 0.15) is 25.0 Å². The summed E-state index contributed by atoms with van der Waals surface area (Å²) in [5.41, 5.74) is 7.69. The molecular formula is C12H14N2OS. The fourth-order valence-electron chi connectivity index (χ4n) is 1.63. The van der Waals surface area contributed by atoms with Crippen LogP contribution < -0.4 is 5.43 Å². The summed E-state index contributed by atoms with van der Waals surface area (Å²) < 4.78 is 0. The molecule has 0 aliphatic carbocycles. The molecule has 4 heteroatoms. The molecule has 0 fully saturated rings. The van der Waals surface area contributed by atoms with Gasteiger partial charge in [-0.2, -0.15) is 5.10 Å². The summed E-state index contributed by atoms with van der Waals surface area (Å²) in [6.07, 6.45) is 0.844. The molecule has 0 radical (unpaired) electrons. The Morgan fingerprint density at radius 3 is 2.88 bits per heavy atom. The Labute approximate surface area is 99.3 Å². The predicted molar refractivity (Wildman–Crippen MR) is 69.3 cm³/mol. The lowest BCUT2D eigenvalue weighted by molar-refractivity contribution is 0.468. The minimum absolute atomic E-state index is 0.364. The van der Waals surface area contributed by atoms with E-state index in [1.54, 1.807) is 17.3 Å². The van der Waals surface area contributed by atoms with Gasteiger partial charge in [-0.1, -0.05) is 30.8 Å². The number of allylic oxidation sites excluding steroid dienone is 1. The van der Waals surface area contributed by atoms with E-state index in [9.17, 15) is 5.11 Å². The number of benzene rings is 1. The van der Waals surface area contributed by atoms with Crippen molar-refractivity contribution in [2.75, 3.05) is 0 Å². The Hall–Kier alpha value is -1.42. The molecule has 0 spiro atoms. The van der Waals surface area contributed by atoms with Crippen LogP contribution in [0.25, 0.3) is 4.91 Å². The number of phenols is 1. The second-order valence-corrected chi connectivity index (χ2v) is 4.47. The molecule has 84 valence electrons. The fraction of sp³-hybridized carbons (Fsp3) is 0.250. The molecule has 2 rings (SSSR count). The van der Waals surface area contributed by atoms with Gasteiger partial charge in [-0.3, -0.25) is 5.43 Å². The molecule has 1 aromatic rings. The highest BCUT2D eigenvalue weighted by Gasteiger charge is 2.11. The number of aromatic hydroxyl groups is 1. The van der Waals surface area contributed by atoms with Crippen LogP contribution in [-0.2, 0) is 6.42 Å². The van der Waals surface area contributed by atoms with Crippen molar-refractivity contribution in [3.63, 3.8) is 0 Å². The summed E-state index contributed by atoms with van der Waals surface area (Å²) in [7, 11) is 0. The fourth-order valence-corrected chi connectivity index (χ4v) is 2.33. The van der Waals surface area contributed by atoms with Crippen molar-refractivity contribution in [2.45, 2.75) is 20.3 Å². The van der Waals surface area contributed by atoms with Crippen LogP contribution in [0, 0.1) is 0 Å². The highest BCUT2D eigenvalue weighted by molar-refractivity contribution is 8.20. The van der Waals surface area contributed by atoms with Gasteiger partial charge in [0.2, 0.25) is 0 Å². The number of hydrogen-bond donors (Lipinski definition) is 2. The number of nitrogens with zero attached hydrogens (tertiary/aromatic N) is 1. The summed E-state index contributed by atoms with van der Waals surface area (Å²) in [5, 5.41) is 13.8. The van der Waals surface area contributed by atoms with Crippen LogP contribution in [0.15, 0.2) is 29.0 Å². The SMILES string of the molecule is CCc1ccc(C2=C(C)NN=CS2)cc1O. The first kappa shape index (κ1) is 11.1. The summed E-state index contributed by atoms with van der Waals surface area (Å²) in [6, 6.07) is 5.81. The van der Waals surface area contributed by atoms with Gasteiger partial charge < -0.3 is 5.11 Å². The average molecular weight is 234 g/mol. The number of hydrogen-bond acceptors (Lipinski definition) is 4. The quantitative estimate of drug-likeness (QED) is 0.827. The molecule has 0 atom stereocenters. The molecule has 1 heterocycles. The number of nitrogens with one attached hydrogen (secondary N) is 1. The Morgan fingerprint density at radius 2 is 2.25 bits per heavy atom. The van der Waals surface area contributed by atoms with Gasteiger partial charge in [0.05, 0.1) is 5.55 Å². The van der Waals surface area contributed by atoms with E-state index in [0.717, 1.165) is 28.1 Å². The zero-order valence-electron chi connectivity index (χ0n) is 9.32. The van der Waals surface area contributed by atoms with Crippen LogP contribution in [0.2, 0.25) is 0 Å². The Morgan fingerprint density at radius 1 is 1.44 bits per heavy atom. The minimum Gasteiger partial charge on any atom is -0.508 e. The van der Waals surface area contributed by atoms with Gasteiger partial charge in [0.15, 0.2) is 0 Å². The molecule has 1 aliphatic heterocycles. The van der Waals surface area contributed by atoms with E-state index in [-0.39, 0.29) is 0 Å². The van der Waals surface area contributed by atoms with E-state index in [1.807, 2.05) is 32.0 Å². The molecule has 2 N–H and O–H groups in total. The summed E-state index contributed by atoms with van der Waals surface area (Å²) >= 11 is 1.56. The lowest BCUT2D eigenvalue weighted by atomic mass is 10.1. The second-order valence-electron chi connectivity index (χ2n) is 3.62. The van der Waals surface area contributed by atoms with Gasteiger partial charge >= 0.3 is 0 Å². The first-order valence-electron chi connectivity index (χ1n) is 5.19. The molecule has 16 heavy (non-hydrogen) atoms. The van der Waals surface area contributed by atoms with Gasteiger partial charge in [-0.25, -0.2) is 0 Å². The highest BCUT2D eigenvalue weighted by atomic mass is 32.2. The summed E-state index contributed by atoms with van der Waals surface area (Å²) in [6.45, 7) is 4.01. The van der Waals surface area contributed by atoms with E-state index >= 15 is 0 Å². The van der Waals surface area contributed by atoms with E-state index in [0.29, 0.717) is 5.75 Å². The van der Waals surface area contributed by atoms with E-state index < -0.39 is 0 Å². The van der Waals surface area contributed by atoms with Crippen LogP contribution in [-0.4, -0.2) is 10.7 Å². The number of thioether (sulfide) groups is 1. The van der Waals surface area contributed by atoms with Crippen LogP contribution in [0.5, 0.6) is 5.75 Å². The Bertz CT molecular complexity index is 466. The van der Waals surface area contributed by atoms with Gasteiger partial charge in [-0.15, -0.1) is 0 Å². The van der Waals surface area contributed by atoms with Crippen molar-refractivity contribution in [2.24, 2.45) is 5.10 Å². The molecule has 0 bridgehead atoms. The average Bonchev–Trinajstić information content (AvgIpc) is 2.29. The number of hydrazone groups is 1. The molecule has 0 unspecified atom stereocenters. The molecule has 0 aromatic heterocycles. The number of phenolic OH excluding ortho intramolecular Hbond substituents is 1. The Balaban J connectivity index is 2.38. The van der Waals surface area contributed by atoms with Crippen molar-refractivity contribution in [3.8, 4) is 5.75 Å². The first-order valence-corrected chi connectivity index (χ1v) is 6.07. The number of rotatable bonds is 2. The van der Waals surface area contributed by atoms with E-state index in [4.69, 9.17) is 0 Å². The maximum Gasteiger partial charge on any atom is 0.119 e. The van der Waals surface area contributed by atoms with Crippen molar-refractivity contribution in [1.82, 2.24) is 5.43 Å². The summed E-state index contributed by atoms with van der Waals surface area (Å²) in [5.74, 6) is 0.364. The lowest BCUT2D eigenvalue weighted by Gasteiger charge is -2.14. The largest absolute Gasteiger partial charge is 0.508 e. The Kier molecular flexibility index (Phi) is 3.19. The molecule has 0 saturated heterocycles. The zero-order valence-corrected chi connectivity index (χ0v) is 10.1. The van der Waals surface area contributed by atoms with Crippen molar-refractivity contribution < 1.29 is 5.11 Å². The highest BCUT2D eigenvalue weighted by Crippen LogP contribution is 2.33. The van der Waals surface area contributed by atoms with Crippen LogP contribution in [0.4, 0.5) is 0 Å². The van der Waals surface area contributed by atoms with Gasteiger partial charge in [0.1, 0.15) is 5.75 Å². The smallest absolute Gasteiger partial charge is 0.119 e. The van der Waals surface area contributed by atoms with Gasteiger partial charge in [-0.05, 0) is 30.5 Å². The van der Waals surface area contributed by atoms with Crippen molar-refractivity contribution in [1.29, 1.82) is 0 Å². The van der Waals surface area contributed by atoms with Crippen LogP contribution >= 0.6 is 11.8 Å². The van der Waals surface area contributed by atoms with Gasteiger partial charge in [0.25, 0.3) is 0 Å². The normalized spacial score (nSPS) is 15.1. The van der Waals surface area contributed by atoms with E-state index in [1.165, 1.54) is 0 Å². The maximum atomic E-state index is 9.82. The lowest BCUT2D eigenvalue weighted by Crippen LogP contribution is -2.07. The molecule has 1 aliphatic rings. The van der Waals surface area contributed by atoms with E-state index in [2.05, 4.69) is 10.5 Å².